The summed E-state index contributed by atoms with van der Waals surface area (Å²) in [5.41, 5.74) is 0.506. The van der Waals surface area contributed by atoms with Crippen LogP contribution in [0.25, 0.3) is 0 Å². The average molecular weight is 235 g/mol. The van der Waals surface area contributed by atoms with Crippen LogP contribution in [0.5, 0.6) is 0 Å². The van der Waals surface area contributed by atoms with Crippen LogP contribution in [0.2, 0.25) is 0 Å². The van der Waals surface area contributed by atoms with Crippen LogP contribution in [0, 0.1) is 23.7 Å². The van der Waals surface area contributed by atoms with Gasteiger partial charge in [0.05, 0.1) is 0 Å². The van der Waals surface area contributed by atoms with Gasteiger partial charge < -0.3 is 0 Å². The van der Waals surface area contributed by atoms with Crippen molar-refractivity contribution >= 4 is 0 Å². The molecule has 0 bridgehead atoms. The lowest BCUT2D eigenvalue weighted by Gasteiger charge is -2.31. The van der Waals surface area contributed by atoms with E-state index in [9.17, 15) is 0 Å². The SMILES string of the molecule is CC(C)([CH]CCCC1CCCC1)C1CCCC1. The van der Waals surface area contributed by atoms with Gasteiger partial charge >= 0.3 is 0 Å². The first-order valence-electron chi connectivity index (χ1n) is 8.03. The number of hydrogen-bond donors (Lipinski definition) is 0. The Labute approximate surface area is 109 Å². The van der Waals surface area contributed by atoms with Gasteiger partial charge in [-0.3, -0.25) is 0 Å². The van der Waals surface area contributed by atoms with Crippen molar-refractivity contribution in [2.24, 2.45) is 17.3 Å². The van der Waals surface area contributed by atoms with E-state index < -0.39 is 0 Å². The number of rotatable bonds is 6. The molecule has 1 radical (unpaired) electrons. The van der Waals surface area contributed by atoms with Crippen molar-refractivity contribution < 1.29 is 0 Å². The molecule has 17 heavy (non-hydrogen) atoms. The van der Waals surface area contributed by atoms with Crippen LogP contribution in [0.4, 0.5) is 0 Å². The Morgan fingerprint density at radius 1 is 0.941 bits per heavy atom. The van der Waals surface area contributed by atoms with Crippen molar-refractivity contribution in [3.63, 3.8) is 0 Å². The fourth-order valence-electron chi connectivity index (χ4n) is 4.02. The zero-order valence-electron chi connectivity index (χ0n) is 12.0. The molecule has 99 valence electrons. The van der Waals surface area contributed by atoms with Crippen LogP contribution in [-0.2, 0) is 0 Å². The van der Waals surface area contributed by atoms with Crippen LogP contribution in [0.15, 0.2) is 0 Å². The van der Waals surface area contributed by atoms with Crippen LogP contribution >= 0.6 is 0 Å². The van der Waals surface area contributed by atoms with Gasteiger partial charge in [0.25, 0.3) is 0 Å². The molecule has 2 fully saturated rings. The molecule has 0 heterocycles. The topological polar surface area (TPSA) is 0 Å². The largest absolute Gasteiger partial charge is 0.0594 e. The maximum absolute atomic E-state index is 2.65. The van der Waals surface area contributed by atoms with Gasteiger partial charge in [-0.25, -0.2) is 0 Å². The van der Waals surface area contributed by atoms with Gasteiger partial charge in [-0.2, -0.15) is 0 Å². The molecule has 0 heteroatoms. The molecule has 0 aromatic heterocycles. The van der Waals surface area contributed by atoms with Crippen molar-refractivity contribution in [1.29, 1.82) is 0 Å². The second-order valence-electron chi connectivity index (χ2n) is 7.09. The van der Waals surface area contributed by atoms with E-state index in [1.807, 2.05) is 0 Å². The van der Waals surface area contributed by atoms with Crippen LogP contribution < -0.4 is 0 Å². The third-order valence-electron chi connectivity index (χ3n) is 5.37. The molecule has 0 N–H and O–H groups in total. The van der Waals surface area contributed by atoms with E-state index >= 15 is 0 Å². The second kappa shape index (κ2) is 6.25. The average Bonchev–Trinajstić information content (AvgIpc) is 2.97. The van der Waals surface area contributed by atoms with Crippen molar-refractivity contribution in [2.45, 2.75) is 84.5 Å². The predicted molar refractivity (Wildman–Crippen MR) is 75.8 cm³/mol. The summed E-state index contributed by atoms with van der Waals surface area (Å²) in [6.07, 6.45) is 18.9. The molecule has 0 aromatic carbocycles. The van der Waals surface area contributed by atoms with Gasteiger partial charge in [0.2, 0.25) is 0 Å². The third kappa shape index (κ3) is 4.00. The summed E-state index contributed by atoms with van der Waals surface area (Å²) in [5, 5.41) is 0. The van der Waals surface area contributed by atoms with Gasteiger partial charge in [-0.15, -0.1) is 0 Å². The minimum absolute atomic E-state index is 0.506. The van der Waals surface area contributed by atoms with E-state index in [2.05, 4.69) is 20.3 Å². The molecule has 2 aliphatic rings. The molecular formula is C17H31. The lowest BCUT2D eigenvalue weighted by atomic mass is 9.74. The molecule has 0 aliphatic heterocycles. The minimum atomic E-state index is 0.506. The van der Waals surface area contributed by atoms with Crippen molar-refractivity contribution in [3.8, 4) is 0 Å². The Kier molecular flexibility index (Phi) is 4.94. The van der Waals surface area contributed by atoms with E-state index in [0.717, 1.165) is 11.8 Å². The first kappa shape index (κ1) is 13.4. The van der Waals surface area contributed by atoms with E-state index in [1.54, 1.807) is 0 Å². The minimum Gasteiger partial charge on any atom is -0.0594 e. The maximum Gasteiger partial charge on any atom is -0.0295 e. The number of hydrogen-bond acceptors (Lipinski definition) is 0. The zero-order valence-corrected chi connectivity index (χ0v) is 12.0. The van der Waals surface area contributed by atoms with Gasteiger partial charge in [-0.05, 0) is 42.9 Å². The molecule has 0 spiro atoms. The highest BCUT2D eigenvalue weighted by Gasteiger charge is 2.31. The van der Waals surface area contributed by atoms with E-state index in [-0.39, 0.29) is 0 Å². The second-order valence-corrected chi connectivity index (χ2v) is 7.09. The van der Waals surface area contributed by atoms with Crippen LogP contribution in [-0.4, -0.2) is 0 Å². The highest BCUT2D eigenvalue weighted by atomic mass is 14.4. The highest BCUT2D eigenvalue weighted by molar-refractivity contribution is 4.92. The highest BCUT2D eigenvalue weighted by Crippen LogP contribution is 2.42. The summed E-state index contributed by atoms with van der Waals surface area (Å²) in [6.45, 7) is 4.94. The summed E-state index contributed by atoms with van der Waals surface area (Å²) in [4.78, 5) is 0. The Morgan fingerprint density at radius 3 is 2.18 bits per heavy atom. The number of unbranched alkanes of at least 4 members (excludes halogenated alkanes) is 1. The summed E-state index contributed by atoms with van der Waals surface area (Å²) >= 11 is 0. The van der Waals surface area contributed by atoms with Crippen molar-refractivity contribution in [2.75, 3.05) is 0 Å². The third-order valence-corrected chi connectivity index (χ3v) is 5.37. The smallest absolute Gasteiger partial charge is 0.0295 e. The molecule has 0 unspecified atom stereocenters. The Balaban J connectivity index is 1.59. The van der Waals surface area contributed by atoms with Crippen molar-refractivity contribution in [1.82, 2.24) is 0 Å². The summed E-state index contributed by atoms with van der Waals surface area (Å²) in [7, 11) is 0. The summed E-state index contributed by atoms with van der Waals surface area (Å²) in [6, 6.07) is 0. The standard InChI is InChI=1S/C17H31/c1-17(2,16-12-5-6-13-16)14-8-7-11-15-9-3-4-10-15/h14-16H,3-13H2,1-2H3. The molecule has 0 saturated heterocycles. The Hall–Kier alpha value is 0. The molecule has 2 saturated carbocycles. The first-order chi connectivity index (χ1) is 8.18. The molecule has 0 aromatic rings. The summed E-state index contributed by atoms with van der Waals surface area (Å²) < 4.78 is 0. The molecule has 0 atom stereocenters. The van der Waals surface area contributed by atoms with E-state index in [0.29, 0.717) is 5.41 Å². The normalized spacial score (nSPS) is 23.6. The monoisotopic (exact) mass is 235 g/mol. The lowest BCUT2D eigenvalue weighted by Crippen LogP contribution is -2.22. The van der Waals surface area contributed by atoms with Gasteiger partial charge in [0.1, 0.15) is 0 Å². The molecule has 2 aliphatic carbocycles. The van der Waals surface area contributed by atoms with Gasteiger partial charge in [0.15, 0.2) is 0 Å². The quantitative estimate of drug-likeness (QED) is 0.513. The lowest BCUT2D eigenvalue weighted by molar-refractivity contribution is 0.254. The fraction of sp³-hybridized carbons (Fsp3) is 0.941. The van der Waals surface area contributed by atoms with E-state index in [4.69, 9.17) is 0 Å². The first-order valence-corrected chi connectivity index (χ1v) is 8.03. The molecular weight excluding hydrogens is 204 g/mol. The zero-order chi connectivity index (χ0) is 12.1. The predicted octanol–water partition coefficient (Wildman–Crippen LogP) is 5.77. The van der Waals surface area contributed by atoms with Gasteiger partial charge in [0, 0.05) is 0 Å². The fourth-order valence-corrected chi connectivity index (χ4v) is 4.02. The van der Waals surface area contributed by atoms with Gasteiger partial charge in [-0.1, -0.05) is 65.2 Å². The maximum atomic E-state index is 2.65. The molecule has 0 nitrogen and oxygen atoms in total. The molecule has 0 amide bonds. The molecule has 2 rings (SSSR count). The van der Waals surface area contributed by atoms with E-state index in [1.165, 1.54) is 70.6 Å². The van der Waals surface area contributed by atoms with Crippen LogP contribution in [0.3, 0.4) is 0 Å². The van der Waals surface area contributed by atoms with Crippen molar-refractivity contribution in [3.05, 3.63) is 6.42 Å². The van der Waals surface area contributed by atoms with Crippen LogP contribution in [0.1, 0.15) is 84.5 Å². The Morgan fingerprint density at radius 2 is 1.53 bits per heavy atom. The Bertz CT molecular complexity index is 204. The summed E-state index contributed by atoms with van der Waals surface area (Å²) in [5.74, 6) is 2.06.